The van der Waals surface area contributed by atoms with Gasteiger partial charge < -0.3 is 26.2 Å². The number of aliphatic hydroxyl groups excluding tert-OH is 4. The molecule has 4 unspecified atom stereocenters. The van der Waals surface area contributed by atoms with Gasteiger partial charge in [0.15, 0.2) is 0 Å². The molecule has 1 aromatic rings. The number of hydrogen-bond donors (Lipinski definition) is 5. The Morgan fingerprint density at radius 2 is 1.27 bits per heavy atom. The Kier molecular flexibility index (Phi) is 9.71. The molecule has 0 amide bonds. The normalized spacial score (nSPS) is 16.5. The summed E-state index contributed by atoms with van der Waals surface area (Å²) < 4.78 is 0. The van der Waals surface area contributed by atoms with Crippen molar-refractivity contribution in [2.45, 2.75) is 78.0 Å². The van der Waals surface area contributed by atoms with Gasteiger partial charge in [0.1, 0.15) is 0 Å². The molecule has 0 aliphatic heterocycles. The Morgan fingerprint density at radius 3 is 1.69 bits per heavy atom. The van der Waals surface area contributed by atoms with E-state index in [9.17, 15) is 20.4 Å². The average molecular weight is 369 g/mol. The first-order valence-electron chi connectivity index (χ1n) is 9.41. The van der Waals surface area contributed by atoms with E-state index in [1.807, 2.05) is 17.0 Å². The quantitative estimate of drug-likeness (QED) is 0.390. The molecule has 1 aromatic carbocycles. The lowest BCUT2D eigenvalue weighted by Crippen LogP contribution is -2.36. The summed E-state index contributed by atoms with van der Waals surface area (Å²) in [6, 6.07) is 3.99. The molecule has 0 aromatic heterocycles. The summed E-state index contributed by atoms with van der Waals surface area (Å²) in [5.41, 5.74) is 10.0. The summed E-state index contributed by atoms with van der Waals surface area (Å²) in [6.07, 6.45) is -0.978. The Labute approximate surface area is 157 Å². The minimum atomic E-state index is -0.505. The summed E-state index contributed by atoms with van der Waals surface area (Å²) in [4.78, 5) is 2.00. The molecular weight excluding hydrogens is 332 g/mol. The van der Waals surface area contributed by atoms with Crippen molar-refractivity contribution in [3.05, 3.63) is 34.4 Å². The van der Waals surface area contributed by atoms with Gasteiger partial charge >= 0.3 is 0 Å². The van der Waals surface area contributed by atoms with Gasteiger partial charge in [0.05, 0.1) is 24.4 Å². The molecule has 0 aliphatic carbocycles. The topological polar surface area (TPSA) is 110 Å². The highest BCUT2D eigenvalue weighted by molar-refractivity contribution is 5.42. The molecule has 150 valence electrons. The van der Waals surface area contributed by atoms with Crippen molar-refractivity contribution in [3.8, 4) is 0 Å². The van der Waals surface area contributed by atoms with Gasteiger partial charge in [-0.1, -0.05) is 12.1 Å². The van der Waals surface area contributed by atoms with Crippen LogP contribution in [-0.2, 0) is 25.9 Å². The van der Waals surface area contributed by atoms with E-state index in [0.29, 0.717) is 39.0 Å². The van der Waals surface area contributed by atoms with Crippen molar-refractivity contribution in [1.82, 2.24) is 4.90 Å². The highest BCUT2D eigenvalue weighted by Gasteiger charge is 2.18. The van der Waals surface area contributed by atoms with Gasteiger partial charge in [-0.2, -0.15) is 0 Å². The van der Waals surface area contributed by atoms with E-state index in [0.717, 1.165) is 22.3 Å². The van der Waals surface area contributed by atoms with Gasteiger partial charge in [0, 0.05) is 26.2 Å². The second-order valence-electron chi connectivity index (χ2n) is 7.54. The van der Waals surface area contributed by atoms with Gasteiger partial charge in [-0.3, -0.25) is 4.90 Å². The van der Waals surface area contributed by atoms with E-state index in [2.05, 4.69) is 0 Å². The van der Waals surface area contributed by atoms with Gasteiger partial charge in [-0.15, -0.1) is 0 Å². The first kappa shape index (κ1) is 23.0. The lowest BCUT2D eigenvalue weighted by molar-refractivity contribution is 0.0792. The minimum absolute atomic E-state index is 0.336. The molecule has 0 aliphatic rings. The predicted molar refractivity (Wildman–Crippen MR) is 104 cm³/mol. The molecule has 0 fully saturated rings. The van der Waals surface area contributed by atoms with Crippen molar-refractivity contribution in [1.29, 1.82) is 0 Å². The van der Waals surface area contributed by atoms with E-state index in [1.165, 1.54) is 0 Å². The minimum Gasteiger partial charge on any atom is -0.393 e. The smallest absolute Gasteiger partial charge is 0.0639 e. The fourth-order valence-electron chi connectivity index (χ4n) is 3.44. The maximum Gasteiger partial charge on any atom is 0.0639 e. The van der Waals surface area contributed by atoms with Crippen molar-refractivity contribution in [3.63, 3.8) is 0 Å². The van der Waals surface area contributed by atoms with Gasteiger partial charge in [-0.25, -0.2) is 0 Å². The van der Waals surface area contributed by atoms with Gasteiger partial charge in [0.2, 0.25) is 0 Å². The van der Waals surface area contributed by atoms with Crippen molar-refractivity contribution >= 4 is 0 Å². The van der Waals surface area contributed by atoms with Crippen LogP contribution in [0.1, 0.15) is 49.9 Å². The highest BCUT2D eigenvalue weighted by Crippen LogP contribution is 2.24. The zero-order chi connectivity index (χ0) is 19.9. The van der Waals surface area contributed by atoms with Gasteiger partial charge in [-0.05, 0) is 62.8 Å². The van der Waals surface area contributed by atoms with Crippen LogP contribution in [0, 0.1) is 0 Å². The largest absolute Gasteiger partial charge is 0.393 e. The molecule has 0 heterocycles. The number of nitrogens with zero attached hydrogens (tertiary/aromatic N) is 1. The SMILES string of the molecule is CC(O)Cc1ccc(CN(CC(C)O)CC(C)O)c(CN)c1CC(C)O. The molecule has 6 heteroatoms. The van der Waals surface area contributed by atoms with Crippen LogP contribution in [0.3, 0.4) is 0 Å². The molecule has 0 radical (unpaired) electrons. The molecule has 0 saturated heterocycles. The van der Waals surface area contributed by atoms with Crippen LogP contribution in [-0.4, -0.2) is 62.8 Å². The summed E-state index contributed by atoms with van der Waals surface area (Å²) in [6.45, 7) is 8.74. The van der Waals surface area contributed by atoms with Crippen LogP contribution in [0.5, 0.6) is 0 Å². The summed E-state index contributed by atoms with van der Waals surface area (Å²) >= 11 is 0. The first-order valence-corrected chi connectivity index (χ1v) is 9.41. The van der Waals surface area contributed by atoms with E-state index in [-0.39, 0.29) is 0 Å². The summed E-state index contributed by atoms with van der Waals surface area (Å²) in [5, 5.41) is 39.2. The molecule has 0 saturated carbocycles. The van der Waals surface area contributed by atoms with Crippen molar-refractivity contribution in [2.24, 2.45) is 5.73 Å². The fraction of sp³-hybridized carbons (Fsp3) is 0.700. The molecule has 6 N–H and O–H groups in total. The number of nitrogens with two attached hydrogens (primary N) is 1. The average Bonchev–Trinajstić information content (AvgIpc) is 2.47. The Bertz CT molecular complexity index is 535. The van der Waals surface area contributed by atoms with Crippen LogP contribution < -0.4 is 5.73 Å². The van der Waals surface area contributed by atoms with E-state index < -0.39 is 24.4 Å². The van der Waals surface area contributed by atoms with Crippen LogP contribution >= 0.6 is 0 Å². The first-order chi connectivity index (χ1) is 12.1. The number of hydrogen-bond acceptors (Lipinski definition) is 6. The molecule has 1 rings (SSSR count). The van der Waals surface area contributed by atoms with Gasteiger partial charge in [0.25, 0.3) is 0 Å². The van der Waals surface area contributed by atoms with Crippen LogP contribution in [0.15, 0.2) is 12.1 Å². The third-order valence-electron chi connectivity index (χ3n) is 4.28. The van der Waals surface area contributed by atoms with Crippen molar-refractivity contribution in [2.75, 3.05) is 13.1 Å². The highest BCUT2D eigenvalue weighted by atomic mass is 16.3. The Morgan fingerprint density at radius 1 is 0.769 bits per heavy atom. The summed E-state index contributed by atoms with van der Waals surface area (Å²) in [5.74, 6) is 0. The summed E-state index contributed by atoms with van der Waals surface area (Å²) in [7, 11) is 0. The molecule has 0 spiro atoms. The third-order valence-corrected chi connectivity index (χ3v) is 4.28. The standard InChI is InChI=1S/C20H36N2O4/c1-13(23)7-17-5-6-18(20(9-21)19(17)8-14(2)24)12-22(10-15(3)25)11-16(4)26/h5-6,13-16,23-26H,7-12,21H2,1-4H3. The molecule has 4 atom stereocenters. The third kappa shape index (κ3) is 7.70. The zero-order valence-corrected chi connectivity index (χ0v) is 16.5. The van der Waals surface area contributed by atoms with E-state index >= 15 is 0 Å². The second-order valence-corrected chi connectivity index (χ2v) is 7.54. The molecule has 26 heavy (non-hydrogen) atoms. The number of rotatable bonds is 11. The maximum atomic E-state index is 9.92. The Hall–Kier alpha value is -1.02. The second kappa shape index (κ2) is 11.0. The lowest BCUT2D eigenvalue weighted by Gasteiger charge is -2.27. The van der Waals surface area contributed by atoms with Crippen LogP contribution in [0.4, 0.5) is 0 Å². The monoisotopic (exact) mass is 368 g/mol. The Balaban J connectivity index is 3.23. The maximum absolute atomic E-state index is 9.92. The predicted octanol–water partition coefficient (Wildman–Crippen LogP) is 0.556. The zero-order valence-electron chi connectivity index (χ0n) is 16.5. The van der Waals surface area contributed by atoms with Crippen LogP contribution in [0.2, 0.25) is 0 Å². The number of aliphatic hydroxyl groups is 4. The van der Waals surface area contributed by atoms with Crippen molar-refractivity contribution < 1.29 is 20.4 Å². The lowest BCUT2D eigenvalue weighted by atomic mass is 9.89. The fourth-order valence-corrected chi connectivity index (χ4v) is 3.44. The number of benzene rings is 1. The van der Waals surface area contributed by atoms with Crippen LogP contribution in [0.25, 0.3) is 0 Å². The van der Waals surface area contributed by atoms with E-state index in [1.54, 1.807) is 27.7 Å². The molecular formula is C20H36N2O4. The van der Waals surface area contributed by atoms with E-state index in [4.69, 9.17) is 5.73 Å². The molecule has 6 nitrogen and oxygen atoms in total. The molecule has 0 bridgehead atoms.